The minimum absolute atomic E-state index is 0.216. The molecule has 3 amide bonds. The Morgan fingerprint density at radius 2 is 1.54 bits per heavy atom. The van der Waals surface area contributed by atoms with Crippen LogP contribution < -0.4 is 20.9 Å². The number of hydrogen-bond acceptors (Lipinski definition) is 3. The van der Waals surface area contributed by atoms with Gasteiger partial charge in [-0.15, -0.1) is 0 Å². The first kappa shape index (κ1) is 19.3. The van der Waals surface area contributed by atoms with Gasteiger partial charge in [0.15, 0.2) is 0 Å². The number of amides is 3. The van der Waals surface area contributed by atoms with Gasteiger partial charge in [0.05, 0.1) is 10.6 Å². The van der Waals surface area contributed by atoms with Gasteiger partial charge in [0, 0.05) is 5.69 Å². The van der Waals surface area contributed by atoms with Gasteiger partial charge in [-0.25, -0.2) is 10.2 Å². The molecule has 3 aromatic rings. The maximum Gasteiger partial charge on any atom is 0.337 e. The fourth-order valence-electron chi connectivity index (χ4n) is 2.38. The molecule has 0 aliphatic carbocycles. The van der Waals surface area contributed by atoms with Crippen LogP contribution in [0.25, 0.3) is 0 Å². The Kier molecular flexibility index (Phi) is 6.49. The fourth-order valence-corrected chi connectivity index (χ4v) is 2.63. The highest BCUT2D eigenvalue weighted by Gasteiger charge is 2.12. The summed E-state index contributed by atoms with van der Waals surface area (Å²) in [6.07, 6.45) is 0. The summed E-state index contributed by atoms with van der Waals surface area (Å²) < 4.78 is 5.68. The van der Waals surface area contributed by atoms with Gasteiger partial charge in [0.1, 0.15) is 12.4 Å². The molecule has 3 rings (SSSR count). The first-order valence-corrected chi connectivity index (χ1v) is 8.88. The lowest BCUT2D eigenvalue weighted by atomic mass is 10.2. The normalized spacial score (nSPS) is 10.0. The number of halogens is 1. The van der Waals surface area contributed by atoms with Crippen LogP contribution in [0.3, 0.4) is 0 Å². The smallest absolute Gasteiger partial charge is 0.337 e. The lowest BCUT2D eigenvalue weighted by Crippen LogP contribution is -2.44. The first-order chi connectivity index (χ1) is 13.6. The molecule has 6 nitrogen and oxygen atoms in total. The molecule has 28 heavy (non-hydrogen) atoms. The van der Waals surface area contributed by atoms with Crippen LogP contribution in [0, 0.1) is 0 Å². The summed E-state index contributed by atoms with van der Waals surface area (Å²) in [4.78, 5) is 24.1. The Bertz CT molecular complexity index is 950. The quantitative estimate of drug-likeness (QED) is 0.561. The lowest BCUT2D eigenvalue weighted by Gasteiger charge is -2.11. The zero-order valence-corrected chi connectivity index (χ0v) is 15.6. The predicted octanol–water partition coefficient (Wildman–Crippen LogP) is 4.39. The molecule has 0 atom stereocenters. The number of carbonyl (C=O) groups is 2. The predicted molar refractivity (Wildman–Crippen MR) is 108 cm³/mol. The van der Waals surface area contributed by atoms with Crippen LogP contribution in [-0.4, -0.2) is 11.9 Å². The first-order valence-electron chi connectivity index (χ1n) is 8.50. The van der Waals surface area contributed by atoms with Crippen molar-refractivity contribution in [1.29, 1.82) is 0 Å². The van der Waals surface area contributed by atoms with Crippen molar-refractivity contribution in [1.82, 2.24) is 10.9 Å². The highest BCUT2D eigenvalue weighted by Crippen LogP contribution is 2.23. The van der Waals surface area contributed by atoms with Crippen molar-refractivity contribution in [3.05, 3.63) is 95.0 Å². The number of anilines is 1. The molecule has 142 valence electrons. The largest absolute Gasteiger partial charge is 0.489 e. The van der Waals surface area contributed by atoms with Gasteiger partial charge >= 0.3 is 6.03 Å². The molecule has 0 spiro atoms. The molecule has 0 saturated heterocycles. The maximum absolute atomic E-state index is 12.2. The second-order valence-electron chi connectivity index (χ2n) is 5.82. The van der Waals surface area contributed by atoms with Gasteiger partial charge in [-0.2, -0.15) is 0 Å². The van der Waals surface area contributed by atoms with Crippen LogP contribution in [0.15, 0.2) is 78.9 Å². The van der Waals surface area contributed by atoms with E-state index in [1.165, 1.54) is 6.07 Å². The summed E-state index contributed by atoms with van der Waals surface area (Å²) in [5.74, 6) is 0.00278. The van der Waals surface area contributed by atoms with E-state index in [0.29, 0.717) is 18.0 Å². The minimum Gasteiger partial charge on any atom is -0.489 e. The second kappa shape index (κ2) is 9.43. The van der Waals surface area contributed by atoms with Gasteiger partial charge in [-0.3, -0.25) is 10.2 Å². The van der Waals surface area contributed by atoms with Gasteiger partial charge < -0.3 is 10.1 Å². The summed E-state index contributed by atoms with van der Waals surface area (Å²) >= 11 is 6.18. The number of rotatable bonds is 5. The third kappa shape index (κ3) is 5.49. The van der Waals surface area contributed by atoms with Crippen molar-refractivity contribution < 1.29 is 14.3 Å². The van der Waals surface area contributed by atoms with Crippen molar-refractivity contribution in [2.24, 2.45) is 0 Å². The molecule has 0 bridgehead atoms. The molecule has 3 aromatic carbocycles. The molecule has 0 aliphatic heterocycles. The van der Waals surface area contributed by atoms with Crippen LogP contribution in [0.1, 0.15) is 15.9 Å². The monoisotopic (exact) mass is 395 g/mol. The number of benzene rings is 3. The van der Waals surface area contributed by atoms with Crippen LogP contribution in [0.2, 0.25) is 5.02 Å². The van der Waals surface area contributed by atoms with Gasteiger partial charge in [-0.1, -0.05) is 60.1 Å². The Balaban J connectivity index is 1.52. The Morgan fingerprint density at radius 3 is 2.21 bits per heavy atom. The number of hydrazine groups is 1. The van der Waals surface area contributed by atoms with Gasteiger partial charge in [0.2, 0.25) is 0 Å². The van der Waals surface area contributed by atoms with E-state index >= 15 is 0 Å². The Morgan fingerprint density at radius 1 is 0.857 bits per heavy atom. The van der Waals surface area contributed by atoms with E-state index in [4.69, 9.17) is 16.3 Å². The number of ether oxygens (including phenoxy) is 1. The van der Waals surface area contributed by atoms with Crippen molar-refractivity contribution in [3.63, 3.8) is 0 Å². The summed E-state index contributed by atoms with van der Waals surface area (Å²) in [5.41, 5.74) is 6.43. The standard InChI is InChI=1S/C21H18ClN3O3/c22-19-13-17(28-14-15-7-3-1-4-8-15)11-12-18(19)20(26)24-25-21(27)23-16-9-5-2-6-10-16/h1-13H,14H2,(H,24,26)(H2,23,25,27). The summed E-state index contributed by atoms with van der Waals surface area (Å²) in [6.45, 7) is 0.393. The number of hydrogen-bond donors (Lipinski definition) is 3. The third-order valence-electron chi connectivity index (χ3n) is 3.75. The van der Waals surface area contributed by atoms with Crippen LogP contribution in [0.5, 0.6) is 5.75 Å². The Labute approximate surface area is 167 Å². The molecule has 0 fully saturated rings. The fraction of sp³-hybridized carbons (Fsp3) is 0.0476. The average molecular weight is 396 g/mol. The number of nitrogens with one attached hydrogen (secondary N) is 3. The Hall–Kier alpha value is -3.51. The van der Waals surface area contributed by atoms with Crippen molar-refractivity contribution in [3.8, 4) is 5.75 Å². The molecule has 0 aliphatic rings. The summed E-state index contributed by atoms with van der Waals surface area (Å²) in [6, 6.07) is 22.7. The van der Waals surface area contributed by atoms with E-state index < -0.39 is 11.9 Å². The SMILES string of the molecule is O=C(NNC(=O)c1ccc(OCc2ccccc2)cc1Cl)Nc1ccccc1. The van der Waals surface area contributed by atoms with E-state index in [1.807, 2.05) is 36.4 Å². The molecule has 0 heterocycles. The van der Waals surface area contributed by atoms with Crippen molar-refractivity contribution >= 4 is 29.2 Å². The third-order valence-corrected chi connectivity index (χ3v) is 4.07. The number of urea groups is 1. The molecule has 7 heteroatoms. The zero-order valence-electron chi connectivity index (χ0n) is 14.8. The van der Waals surface area contributed by atoms with E-state index in [0.717, 1.165) is 5.56 Å². The molecular formula is C21H18ClN3O3. The molecule has 0 unspecified atom stereocenters. The van der Waals surface area contributed by atoms with Crippen LogP contribution >= 0.6 is 11.6 Å². The number of carbonyl (C=O) groups excluding carboxylic acids is 2. The molecule has 0 radical (unpaired) electrons. The highest BCUT2D eigenvalue weighted by molar-refractivity contribution is 6.34. The average Bonchev–Trinajstić information content (AvgIpc) is 2.72. The molecule has 3 N–H and O–H groups in total. The van der Waals surface area contributed by atoms with E-state index in [2.05, 4.69) is 16.2 Å². The van der Waals surface area contributed by atoms with E-state index in [-0.39, 0.29) is 10.6 Å². The maximum atomic E-state index is 12.2. The van der Waals surface area contributed by atoms with Gasteiger partial charge in [-0.05, 0) is 35.9 Å². The summed E-state index contributed by atoms with van der Waals surface area (Å²) in [7, 11) is 0. The highest BCUT2D eigenvalue weighted by atomic mass is 35.5. The van der Waals surface area contributed by atoms with E-state index in [9.17, 15) is 9.59 Å². The van der Waals surface area contributed by atoms with Crippen LogP contribution in [0.4, 0.5) is 10.5 Å². The lowest BCUT2D eigenvalue weighted by molar-refractivity contribution is 0.0938. The van der Waals surface area contributed by atoms with Crippen LogP contribution in [-0.2, 0) is 6.61 Å². The molecule has 0 aromatic heterocycles. The molecular weight excluding hydrogens is 378 g/mol. The van der Waals surface area contributed by atoms with Crippen molar-refractivity contribution in [2.75, 3.05) is 5.32 Å². The molecule has 0 saturated carbocycles. The topological polar surface area (TPSA) is 79.5 Å². The summed E-state index contributed by atoms with van der Waals surface area (Å²) in [5, 5.41) is 2.80. The number of para-hydroxylation sites is 1. The van der Waals surface area contributed by atoms with Crippen molar-refractivity contribution in [2.45, 2.75) is 6.61 Å². The van der Waals surface area contributed by atoms with Gasteiger partial charge in [0.25, 0.3) is 5.91 Å². The second-order valence-corrected chi connectivity index (χ2v) is 6.22. The zero-order chi connectivity index (χ0) is 19.8. The van der Waals surface area contributed by atoms with E-state index in [1.54, 1.807) is 36.4 Å². The minimum atomic E-state index is -0.571.